The van der Waals surface area contributed by atoms with Crippen LogP contribution < -0.4 is 10.6 Å². The molecule has 0 aliphatic heterocycles. The molecule has 5 nitrogen and oxygen atoms in total. The van der Waals surface area contributed by atoms with Crippen LogP contribution in [-0.4, -0.2) is 34.4 Å². The van der Waals surface area contributed by atoms with Crippen molar-refractivity contribution in [1.82, 2.24) is 15.5 Å². The van der Waals surface area contributed by atoms with E-state index in [1.165, 1.54) is 35.9 Å². The van der Waals surface area contributed by atoms with E-state index in [4.69, 9.17) is 0 Å². The van der Waals surface area contributed by atoms with Crippen LogP contribution in [0.15, 0.2) is 4.34 Å². The Kier molecular flexibility index (Phi) is 5.63. The van der Waals surface area contributed by atoms with E-state index in [2.05, 4.69) is 48.5 Å². The van der Waals surface area contributed by atoms with Gasteiger partial charge in [-0.15, -0.1) is 10.2 Å². The lowest BCUT2D eigenvalue weighted by molar-refractivity contribution is -0.120. The average Bonchev–Trinajstić information content (AvgIpc) is 3.16. The molecule has 140 valence electrons. The molecule has 2 fully saturated rings. The highest BCUT2D eigenvalue weighted by atomic mass is 32.2. The summed E-state index contributed by atoms with van der Waals surface area (Å²) in [5.74, 6) is 1.28. The van der Waals surface area contributed by atoms with Crippen molar-refractivity contribution < 1.29 is 4.79 Å². The van der Waals surface area contributed by atoms with Crippen molar-refractivity contribution in [2.24, 2.45) is 16.7 Å². The Bertz CT molecular complexity index is 618. The van der Waals surface area contributed by atoms with E-state index in [0.29, 0.717) is 17.2 Å². The van der Waals surface area contributed by atoms with Gasteiger partial charge in [0.25, 0.3) is 0 Å². The summed E-state index contributed by atoms with van der Waals surface area (Å²) in [6.07, 6.45) is 5.95. The molecule has 1 aromatic rings. The molecule has 3 atom stereocenters. The molecule has 1 aromatic heterocycles. The first-order valence-electron chi connectivity index (χ1n) is 9.36. The lowest BCUT2D eigenvalue weighted by Gasteiger charge is -2.39. The number of amides is 1. The molecule has 0 aromatic carbocycles. The zero-order valence-electron chi connectivity index (χ0n) is 15.7. The minimum Gasteiger partial charge on any atom is -0.360 e. The molecule has 2 saturated carbocycles. The van der Waals surface area contributed by atoms with Crippen LogP contribution in [0.25, 0.3) is 0 Å². The van der Waals surface area contributed by atoms with Crippen molar-refractivity contribution in [1.29, 1.82) is 0 Å². The number of hydrogen-bond donors (Lipinski definition) is 2. The van der Waals surface area contributed by atoms with Crippen molar-refractivity contribution in [3.63, 3.8) is 0 Å². The number of rotatable bonds is 8. The van der Waals surface area contributed by atoms with E-state index in [1.54, 1.807) is 0 Å². The van der Waals surface area contributed by atoms with E-state index in [-0.39, 0.29) is 11.3 Å². The third-order valence-corrected chi connectivity index (χ3v) is 8.68. The molecular formula is C18H30N4OS2. The van der Waals surface area contributed by atoms with Crippen LogP contribution in [0, 0.1) is 16.7 Å². The highest BCUT2D eigenvalue weighted by molar-refractivity contribution is 8.01. The second kappa shape index (κ2) is 7.43. The number of fused-ring (bicyclic) bond motifs is 2. The molecule has 2 N–H and O–H groups in total. The summed E-state index contributed by atoms with van der Waals surface area (Å²) in [6, 6.07) is 0.315. The molecule has 25 heavy (non-hydrogen) atoms. The van der Waals surface area contributed by atoms with Gasteiger partial charge in [-0.2, -0.15) is 0 Å². The minimum atomic E-state index is 0.121. The molecule has 0 radical (unpaired) electrons. The largest absolute Gasteiger partial charge is 0.360 e. The molecule has 0 spiro atoms. The van der Waals surface area contributed by atoms with Gasteiger partial charge in [0.15, 0.2) is 4.34 Å². The number of aromatic nitrogens is 2. The van der Waals surface area contributed by atoms with Crippen LogP contribution in [0.2, 0.25) is 0 Å². The van der Waals surface area contributed by atoms with Gasteiger partial charge in [0, 0.05) is 12.6 Å². The Morgan fingerprint density at radius 2 is 2.16 bits per heavy atom. The van der Waals surface area contributed by atoms with Crippen molar-refractivity contribution in [2.75, 3.05) is 17.6 Å². The van der Waals surface area contributed by atoms with Gasteiger partial charge in [-0.3, -0.25) is 4.79 Å². The maximum Gasteiger partial charge on any atom is 0.230 e. The highest BCUT2D eigenvalue weighted by Crippen LogP contribution is 2.65. The summed E-state index contributed by atoms with van der Waals surface area (Å²) >= 11 is 3.01. The van der Waals surface area contributed by atoms with Gasteiger partial charge < -0.3 is 10.6 Å². The Morgan fingerprint density at radius 1 is 1.36 bits per heavy atom. The normalized spacial score (nSPS) is 29.8. The van der Waals surface area contributed by atoms with Gasteiger partial charge in [-0.25, -0.2) is 0 Å². The molecule has 0 saturated heterocycles. The Morgan fingerprint density at radius 3 is 2.80 bits per heavy atom. The standard InChI is InChI=1S/C18H30N4OS2/c1-5-6-9-19-15-21-22-16(25-15)24-11-14(23)20-13-10-12-7-8-18(13,4)17(12,2)3/h12-13H,5-11H2,1-4H3,(H,19,21)(H,20,23). The summed E-state index contributed by atoms with van der Waals surface area (Å²) in [4.78, 5) is 12.4. The molecule has 2 bridgehead atoms. The van der Waals surface area contributed by atoms with E-state index >= 15 is 0 Å². The number of nitrogens with one attached hydrogen (secondary N) is 2. The zero-order chi connectivity index (χ0) is 18.1. The van der Waals surface area contributed by atoms with E-state index in [0.717, 1.165) is 41.2 Å². The summed E-state index contributed by atoms with van der Waals surface area (Å²) in [6.45, 7) is 10.2. The Hall–Kier alpha value is -0.820. The van der Waals surface area contributed by atoms with Gasteiger partial charge in [-0.1, -0.05) is 57.2 Å². The predicted octanol–water partition coefficient (Wildman–Crippen LogP) is 4.17. The van der Waals surface area contributed by atoms with E-state index < -0.39 is 0 Å². The smallest absolute Gasteiger partial charge is 0.230 e. The maximum absolute atomic E-state index is 12.4. The molecule has 7 heteroatoms. The fourth-order valence-corrected chi connectivity index (χ4v) is 6.09. The van der Waals surface area contributed by atoms with Crippen LogP contribution in [0.4, 0.5) is 5.13 Å². The number of hydrogen-bond acceptors (Lipinski definition) is 6. The first-order chi connectivity index (χ1) is 11.9. The number of anilines is 1. The number of nitrogens with zero attached hydrogens (tertiary/aromatic N) is 2. The fraction of sp³-hybridized carbons (Fsp3) is 0.833. The molecule has 1 amide bonds. The molecular weight excluding hydrogens is 352 g/mol. The van der Waals surface area contributed by atoms with Crippen molar-refractivity contribution in [3.05, 3.63) is 0 Å². The second-order valence-electron chi connectivity index (χ2n) is 8.17. The molecule has 3 rings (SSSR count). The van der Waals surface area contributed by atoms with Gasteiger partial charge in [-0.05, 0) is 42.4 Å². The summed E-state index contributed by atoms with van der Waals surface area (Å²) in [7, 11) is 0. The van der Waals surface area contributed by atoms with Gasteiger partial charge in [0.05, 0.1) is 5.75 Å². The van der Waals surface area contributed by atoms with Gasteiger partial charge in [0.1, 0.15) is 0 Å². The topological polar surface area (TPSA) is 66.9 Å². The van der Waals surface area contributed by atoms with Crippen LogP contribution in [-0.2, 0) is 4.79 Å². The zero-order valence-corrected chi connectivity index (χ0v) is 17.4. The van der Waals surface area contributed by atoms with Crippen LogP contribution >= 0.6 is 23.1 Å². The Balaban J connectivity index is 1.46. The van der Waals surface area contributed by atoms with Crippen molar-refractivity contribution in [2.45, 2.75) is 70.2 Å². The summed E-state index contributed by atoms with van der Waals surface area (Å²) < 4.78 is 0.855. The number of carbonyl (C=O) groups excluding carboxylic acids is 1. The van der Waals surface area contributed by atoms with Gasteiger partial charge in [0.2, 0.25) is 11.0 Å². The fourth-order valence-electron chi connectivity index (χ4n) is 4.50. The minimum absolute atomic E-state index is 0.121. The average molecular weight is 383 g/mol. The number of thioether (sulfide) groups is 1. The third-order valence-electron chi connectivity index (χ3n) is 6.67. The SMILES string of the molecule is CCCCNc1nnc(SCC(=O)NC2CC3CCC2(C)C3(C)C)s1. The van der Waals surface area contributed by atoms with Crippen LogP contribution in [0.5, 0.6) is 0 Å². The van der Waals surface area contributed by atoms with Gasteiger partial charge >= 0.3 is 0 Å². The highest BCUT2D eigenvalue weighted by Gasteiger charge is 2.61. The summed E-state index contributed by atoms with van der Waals surface area (Å²) in [5.41, 5.74) is 0.563. The molecule has 1 heterocycles. The van der Waals surface area contributed by atoms with Crippen molar-refractivity contribution in [3.8, 4) is 0 Å². The second-order valence-corrected chi connectivity index (χ2v) is 10.4. The Labute approximate surface area is 159 Å². The monoisotopic (exact) mass is 382 g/mol. The third kappa shape index (κ3) is 3.68. The maximum atomic E-state index is 12.4. The molecule has 2 aliphatic rings. The van der Waals surface area contributed by atoms with E-state index in [9.17, 15) is 4.79 Å². The van der Waals surface area contributed by atoms with Crippen LogP contribution in [0.3, 0.4) is 0 Å². The quantitative estimate of drug-likeness (QED) is 0.522. The number of carbonyl (C=O) groups is 1. The van der Waals surface area contributed by atoms with Crippen LogP contribution in [0.1, 0.15) is 59.8 Å². The van der Waals surface area contributed by atoms with Crippen molar-refractivity contribution >= 4 is 34.1 Å². The molecule has 3 unspecified atom stereocenters. The van der Waals surface area contributed by atoms with E-state index in [1.807, 2.05) is 0 Å². The molecule has 2 aliphatic carbocycles. The lowest BCUT2D eigenvalue weighted by atomic mass is 9.69. The predicted molar refractivity (Wildman–Crippen MR) is 105 cm³/mol. The number of unbranched alkanes of at least 4 members (excludes halogenated alkanes) is 1. The first-order valence-corrected chi connectivity index (χ1v) is 11.2. The first kappa shape index (κ1) is 19.0. The lowest BCUT2D eigenvalue weighted by Crippen LogP contribution is -2.47. The summed E-state index contributed by atoms with van der Waals surface area (Å²) in [5, 5.41) is 15.7.